The predicted octanol–water partition coefficient (Wildman–Crippen LogP) is 2.78. The highest BCUT2D eigenvalue weighted by Gasteiger charge is 2.57. The molecule has 0 N–H and O–H groups in total. The molecule has 3 heterocycles. The van der Waals surface area contributed by atoms with Crippen LogP contribution in [0.25, 0.3) is 0 Å². The largest absolute Gasteiger partial charge is 0.327 e. The van der Waals surface area contributed by atoms with Crippen LogP contribution < -0.4 is 0 Å². The Hall–Kier alpha value is -1.88. The van der Waals surface area contributed by atoms with Gasteiger partial charge in [-0.15, -0.1) is 0 Å². The maximum atomic E-state index is 12.9. The van der Waals surface area contributed by atoms with E-state index < -0.39 is 5.54 Å². The number of rotatable bonds is 3. The second-order valence-corrected chi connectivity index (χ2v) is 7.98. The highest BCUT2D eigenvalue weighted by Crippen LogP contribution is 2.39. The van der Waals surface area contributed by atoms with Crippen molar-refractivity contribution in [3.05, 3.63) is 35.4 Å². The van der Waals surface area contributed by atoms with Gasteiger partial charge in [-0.2, -0.15) is 0 Å². The van der Waals surface area contributed by atoms with E-state index in [-0.39, 0.29) is 18.0 Å². The van der Waals surface area contributed by atoms with E-state index in [1.165, 1.54) is 11.1 Å². The number of amides is 3. The summed E-state index contributed by atoms with van der Waals surface area (Å²) in [6.45, 7) is 7.60. The van der Waals surface area contributed by atoms with Gasteiger partial charge < -0.3 is 4.90 Å². The SMILES string of the molecule is Cc1cccc(CN2CCC(N3C(=O)N4CCC[C@@]4(C)C3=O)CC2)c1. The zero-order valence-electron chi connectivity index (χ0n) is 15.2. The Kier molecular flexibility index (Phi) is 4.07. The first-order chi connectivity index (χ1) is 12.0. The van der Waals surface area contributed by atoms with E-state index in [9.17, 15) is 9.59 Å². The fourth-order valence-electron chi connectivity index (χ4n) is 4.69. The molecule has 0 saturated carbocycles. The molecule has 0 bridgehead atoms. The molecule has 3 amide bonds. The molecule has 134 valence electrons. The predicted molar refractivity (Wildman–Crippen MR) is 96.1 cm³/mol. The Balaban J connectivity index is 1.39. The van der Waals surface area contributed by atoms with Crippen LogP contribution in [-0.2, 0) is 11.3 Å². The summed E-state index contributed by atoms with van der Waals surface area (Å²) < 4.78 is 0. The molecule has 0 spiro atoms. The summed E-state index contributed by atoms with van der Waals surface area (Å²) in [4.78, 5) is 31.4. The molecule has 3 fully saturated rings. The Morgan fingerprint density at radius 1 is 1.16 bits per heavy atom. The monoisotopic (exact) mass is 341 g/mol. The molecule has 5 nitrogen and oxygen atoms in total. The van der Waals surface area contributed by atoms with E-state index in [0.717, 1.165) is 51.9 Å². The quantitative estimate of drug-likeness (QED) is 0.794. The van der Waals surface area contributed by atoms with E-state index in [0.29, 0.717) is 0 Å². The van der Waals surface area contributed by atoms with E-state index in [1.54, 1.807) is 9.80 Å². The number of urea groups is 1. The van der Waals surface area contributed by atoms with Gasteiger partial charge >= 0.3 is 6.03 Å². The molecule has 3 aliphatic heterocycles. The fourth-order valence-corrected chi connectivity index (χ4v) is 4.69. The molecular weight excluding hydrogens is 314 g/mol. The fraction of sp³-hybridized carbons (Fsp3) is 0.600. The summed E-state index contributed by atoms with van der Waals surface area (Å²) in [5.41, 5.74) is 2.05. The minimum absolute atomic E-state index is 0.0344. The van der Waals surface area contributed by atoms with E-state index in [2.05, 4.69) is 36.1 Å². The second-order valence-electron chi connectivity index (χ2n) is 7.98. The van der Waals surface area contributed by atoms with Gasteiger partial charge in [-0.25, -0.2) is 4.79 Å². The van der Waals surface area contributed by atoms with E-state index in [4.69, 9.17) is 0 Å². The van der Waals surface area contributed by atoms with Crippen molar-refractivity contribution in [1.82, 2.24) is 14.7 Å². The zero-order valence-corrected chi connectivity index (χ0v) is 15.2. The normalized spacial score (nSPS) is 28.1. The number of likely N-dealkylation sites (tertiary alicyclic amines) is 1. The number of piperidine rings is 1. The Labute approximate surface area is 149 Å². The van der Waals surface area contributed by atoms with E-state index in [1.807, 2.05) is 6.92 Å². The number of imide groups is 1. The Morgan fingerprint density at radius 2 is 1.92 bits per heavy atom. The number of benzene rings is 1. The van der Waals surface area contributed by atoms with E-state index >= 15 is 0 Å². The van der Waals surface area contributed by atoms with Crippen molar-refractivity contribution in [2.24, 2.45) is 0 Å². The van der Waals surface area contributed by atoms with Crippen LogP contribution in [0.4, 0.5) is 4.79 Å². The molecule has 0 aliphatic carbocycles. The van der Waals surface area contributed by atoms with Crippen molar-refractivity contribution >= 4 is 11.9 Å². The lowest BCUT2D eigenvalue weighted by atomic mass is 9.97. The lowest BCUT2D eigenvalue weighted by molar-refractivity contribution is -0.134. The molecule has 0 radical (unpaired) electrons. The molecular formula is C20H27N3O2. The average molecular weight is 341 g/mol. The minimum Gasteiger partial charge on any atom is -0.310 e. The van der Waals surface area contributed by atoms with Crippen LogP contribution in [0.15, 0.2) is 24.3 Å². The Morgan fingerprint density at radius 3 is 2.60 bits per heavy atom. The molecule has 1 atom stereocenters. The third-order valence-corrected chi connectivity index (χ3v) is 6.17. The van der Waals surface area contributed by atoms with Crippen molar-refractivity contribution in [2.45, 2.75) is 57.7 Å². The van der Waals surface area contributed by atoms with Gasteiger partial charge in [0.05, 0.1) is 0 Å². The number of carbonyl (C=O) groups is 2. The maximum Gasteiger partial charge on any atom is 0.327 e. The van der Waals surface area contributed by atoms with Gasteiger partial charge in [0.2, 0.25) is 0 Å². The van der Waals surface area contributed by atoms with Gasteiger partial charge in [-0.05, 0) is 45.1 Å². The van der Waals surface area contributed by atoms with Crippen molar-refractivity contribution < 1.29 is 9.59 Å². The molecule has 4 rings (SSSR count). The summed E-state index contributed by atoms with van der Waals surface area (Å²) in [6, 6.07) is 8.63. The lowest BCUT2D eigenvalue weighted by Gasteiger charge is -2.35. The summed E-state index contributed by atoms with van der Waals surface area (Å²) in [5, 5.41) is 0. The first-order valence-corrected chi connectivity index (χ1v) is 9.42. The highest BCUT2D eigenvalue weighted by molar-refractivity contribution is 6.07. The third kappa shape index (κ3) is 2.74. The standard InChI is InChI=1S/C20H27N3O2/c1-15-5-3-6-16(13-15)14-21-11-7-17(8-12-21)23-18(24)20(2)9-4-10-22(20)19(23)25/h3,5-6,13,17H,4,7-12,14H2,1-2H3/t20-/m0/s1. The van der Waals surface area contributed by atoms with Gasteiger partial charge in [0.1, 0.15) is 5.54 Å². The minimum atomic E-state index is -0.574. The first kappa shape index (κ1) is 16.6. The number of aryl methyl sites for hydroxylation is 1. The van der Waals surface area contributed by atoms with Crippen LogP contribution in [0.1, 0.15) is 43.7 Å². The number of fused-ring (bicyclic) bond motifs is 1. The number of nitrogens with zero attached hydrogens (tertiary/aromatic N) is 3. The van der Waals surface area contributed by atoms with Gasteiger partial charge in [0.25, 0.3) is 5.91 Å². The van der Waals surface area contributed by atoms with Crippen molar-refractivity contribution in [1.29, 1.82) is 0 Å². The van der Waals surface area contributed by atoms with Gasteiger partial charge in [0, 0.05) is 32.2 Å². The average Bonchev–Trinajstić information content (AvgIpc) is 3.06. The van der Waals surface area contributed by atoms with Crippen molar-refractivity contribution in [2.75, 3.05) is 19.6 Å². The van der Waals surface area contributed by atoms with Crippen LogP contribution in [-0.4, -0.2) is 57.9 Å². The van der Waals surface area contributed by atoms with Gasteiger partial charge in [-0.1, -0.05) is 29.8 Å². The van der Waals surface area contributed by atoms with Crippen LogP contribution >= 0.6 is 0 Å². The molecule has 1 aromatic rings. The summed E-state index contributed by atoms with van der Waals surface area (Å²) in [5.74, 6) is 0.0344. The van der Waals surface area contributed by atoms with Crippen LogP contribution in [0, 0.1) is 6.92 Å². The highest BCUT2D eigenvalue weighted by atomic mass is 16.2. The summed E-state index contributed by atoms with van der Waals surface area (Å²) >= 11 is 0. The zero-order chi connectivity index (χ0) is 17.6. The third-order valence-electron chi connectivity index (χ3n) is 6.17. The van der Waals surface area contributed by atoms with Crippen LogP contribution in [0.3, 0.4) is 0 Å². The maximum absolute atomic E-state index is 12.9. The number of hydrogen-bond donors (Lipinski definition) is 0. The van der Waals surface area contributed by atoms with Crippen molar-refractivity contribution in [3.8, 4) is 0 Å². The smallest absolute Gasteiger partial charge is 0.310 e. The number of carbonyl (C=O) groups excluding carboxylic acids is 2. The molecule has 0 aromatic heterocycles. The summed E-state index contributed by atoms with van der Waals surface area (Å²) in [7, 11) is 0. The Bertz CT molecular complexity index is 696. The van der Waals surface area contributed by atoms with Crippen LogP contribution in [0.2, 0.25) is 0 Å². The van der Waals surface area contributed by atoms with Gasteiger partial charge in [-0.3, -0.25) is 14.6 Å². The molecule has 1 aromatic carbocycles. The first-order valence-electron chi connectivity index (χ1n) is 9.42. The molecule has 3 saturated heterocycles. The topological polar surface area (TPSA) is 43.9 Å². The van der Waals surface area contributed by atoms with Gasteiger partial charge in [0.15, 0.2) is 0 Å². The lowest BCUT2D eigenvalue weighted by Crippen LogP contribution is -2.48. The molecule has 5 heteroatoms. The second kappa shape index (κ2) is 6.13. The summed E-state index contributed by atoms with van der Waals surface area (Å²) in [6.07, 6.45) is 3.51. The number of hydrogen-bond acceptors (Lipinski definition) is 3. The molecule has 25 heavy (non-hydrogen) atoms. The molecule has 0 unspecified atom stereocenters. The van der Waals surface area contributed by atoms with Crippen LogP contribution in [0.5, 0.6) is 0 Å². The molecule has 3 aliphatic rings. The van der Waals surface area contributed by atoms with Crippen molar-refractivity contribution in [3.63, 3.8) is 0 Å².